The predicted molar refractivity (Wildman–Crippen MR) is 250 cm³/mol. The van der Waals surface area contributed by atoms with Gasteiger partial charge in [-0.1, -0.05) is 13.0 Å². The number of halogens is 1. The largest absolute Gasteiger partial charge is 0.374 e. The third-order valence-corrected chi connectivity index (χ3v) is 14.8. The molecule has 1 atom stereocenters. The average Bonchev–Trinajstić information content (AvgIpc) is 4.00. The molecule has 15 nitrogen and oxygen atoms in total. The lowest BCUT2D eigenvalue weighted by Crippen LogP contribution is -2.50. The standard InChI is InChI=1S/C50H61FN12O3/c1-4-50(49(66)56-32(2)3)18-23-61(24-19-50)44-13-7-35(27-53-44)46-47-36(26-52)28-55-63(47)31-43(58-46)37-29-54-62(30-37)39-9-5-33(6-10-39)15-20-60-21-16-34(17-22-60)40-11-8-38(25-41(40)51)57-42-12-14-45(64)59-48(42)65/h7-8,11,13,25,27-34,39,42,57H,4-6,9-10,12,14-24H2,1-3H3,(H,56,66)(H,59,64,65). The van der Waals surface area contributed by atoms with Crippen molar-refractivity contribution in [1.82, 2.24) is 44.9 Å². The van der Waals surface area contributed by atoms with Gasteiger partial charge in [-0.25, -0.2) is 18.9 Å². The first kappa shape index (κ1) is 45.0. The van der Waals surface area contributed by atoms with Gasteiger partial charge in [0.05, 0.1) is 41.4 Å². The van der Waals surface area contributed by atoms with E-state index in [0.717, 1.165) is 119 Å². The van der Waals surface area contributed by atoms with Crippen molar-refractivity contribution in [3.63, 3.8) is 0 Å². The van der Waals surface area contributed by atoms with Crippen LogP contribution in [0.25, 0.3) is 28.0 Å². The lowest BCUT2D eigenvalue weighted by atomic mass is 9.75. The minimum atomic E-state index is -0.538. The number of carbonyl (C=O) groups excluding carboxylic acids is 3. The first-order valence-corrected chi connectivity index (χ1v) is 24.0. The number of nitrogens with zero attached hydrogens (tertiary/aromatic N) is 9. The van der Waals surface area contributed by atoms with E-state index in [-0.39, 0.29) is 47.3 Å². The topological polar surface area (TPSA) is 178 Å². The van der Waals surface area contributed by atoms with E-state index in [4.69, 9.17) is 15.1 Å². The van der Waals surface area contributed by atoms with E-state index >= 15 is 4.39 Å². The summed E-state index contributed by atoms with van der Waals surface area (Å²) in [5.41, 5.74) is 5.03. The number of imide groups is 1. The highest BCUT2D eigenvalue weighted by Crippen LogP contribution is 2.39. The van der Waals surface area contributed by atoms with Gasteiger partial charge in [-0.3, -0.25) is 24.4 Å². The van der Waals surface area contributed by atoms with Crippen LogP contribution in [0.4, 0.5) is 15.9 Å². The highest BCUT2D eigenvalue weighted by atomic mass is 19.1. The molecule has 7 heterocycles. The molecule has 1 aromatic carbocycles. The van der Waals surface area contributed by atoms with Crippen LogP contribution in [-0.4, -0.2) is 96.8 Å². The molecule has 3 N–H and O–H groups in total. The Kier molecular flexibility index (Phi) is 13.2. The molecule has 3 amide bonds. The molecule has 0 spiro atoms. The average molecular weight is 897 g/mol. The maximum atomic E-state index is 15.3. The quantitative estimate of drug-likeness (QED) is 0.100. The number of piperidine rings is 3. The minimum absolute atomic E-state index is 0.111. The van der Waals surface area contributed by atoms with Crippen LogP contribution < -0.4 is 20.9 Å². The molecule has 346 valence electrons. The molecule has 3 aliphatic heterocycles. The number of aromatic nitrogens is 6. The molecule has 0 bridgehead atoms. The van der Waals surface area contributed by atoms with E-state index in [2.05, 4.69) is 54.7 Å². The van der Waals surface area contributed by atoms with E-state index in [1.807, 2.05) is 56.7 Å². The normalized spacial score (nSPS) is 21.8. The van der Waals surface area contributed by atoms with Crippen LogP contribution in [0.1, 0.15) is 121 Å². The second kappa shape index (κ2) is 19.3. The monoisotopic (exact) mass is 896 g/mol. The van der Waals surface area contributed by atoms with Crippen molar-refractivity contribution < 1.29 is 18.8 Å². The summed E-state index contributed by atoms with van der Waals surface area (Å²) in [4.78, 5) is 51.5. The molecule has 4 fully saturated rings. The molecule has 4 aromatic heterocycles. The number of carbonyl (C=O) groups is 3. The number of likely N-dealkylation sites (tertiary alicyclic amines) is 1. The Morgan fingerprint density at radius 2 is 1.74 bits per heavy atom. The number of anilines is 2. The molecule has 16 heteroatoms. The first-order chi connectivity index (χ1) is 32.0. The van der Waals surface area contributed by atoms with Crippen LogP contribution in [0.3, 0.4) is 0 Å². The molecule has 0 radical (unpaired) electrons. The number of nitriles is 1. The second-order valence-corrected chi connectivity index (χ2v) is 19.3. The zero-order valence-electron chi connectivity index (χ0n) is 38.3. The summed E-state index contributed by atoms with van der Waals surface area (Å²) < 4.78 is 19.1. The number of benzene rings is 1. The number of hydrogen-bond donors (Lipinski definition) is 3. The summed E-state index contributed by atoms with van der Waals surface area (Å²) in [7, 11) is 0. The SMILES string of the molecule is CCC1(C(=O)NC(C)C)CCN(c2ccc(-c3nc(-c4cnn(C5CCC(CCN6CCC(c7ccc(NC8CCC(=O)NC8=O)cc7F)CC6)CC5)c4)cn4ncc(C#N)c34)cn2)CC1. The van der Waals surface area contributed by atoms with Crippen molar-refractivity contribution in [3.05, 3.63) is 78.3 Å². The number of rotatable bonds is 13. The number of amides is 3. The number of fused-ring (bicyclic) bond motifs is 1. The van der Waals surface area contributed by atoms with Gasteiger partial charge in [-0.15, -0.1) is 0 Å². The number of nitrogens with one attached hydrogen (secondary N) is 3. The molecule has 1 aliphatic carbocycles. The molecule has 9 rings (SSSR count). The number of hydrogen-bond acceptors (Lipinski definition) is 11. The van der Waals surface area contributed by atoms with Gasteiger partial charge in [0.25, 0.3) is 0 Å². The summed E-state index contributed by atoms with van der Waals surface area (Å²) >= 11 is 0. The Hall–Kier alpha value is -6.21. The van der Waals surface area contributed by atoms with Crippen molar-refractivity contribution in [1.29, 1.82) is 5.26 Å². The van der Waals surface area contributed by atoms with Crippen molar-refractivity contribution in [2.75, 3.05) is 42.9 Å². The molecule has 5 aromatic rings. The highest BCUT2D eigenvalue weighted by Gasteiger charge is 2.40. The van der Waals surface area contributed by atoms with E-state index in [9.17, 15) is 19.6 Å². The second-order valence-electron chi connectivity index (χ2n) is 19.3. The van der Waals surface area contributed by atoms with Crippen LogP contribution in [0, 0.1) is 28.5 Å². The summed E-state index contributed by atoms with van der Waals surface area (Å²) in [6.45, 7) is 10.6. The van der Waals surface area contributed by atoms with Gasteiger partial charge in [0.1, 0.15) is 34.8 Å². The van der Waals surface area contributed by atoms with E-state index in [1.165, 1.54) is 6.07 Å². The van der Waals surface area contributed by atoms with Crippen molar-refractivity contribution >= 4 is 34.7 Å². The summed E-state index contributed by atoms with van der Waals surface area (Å²) in [5, 5.41) is 27.9. The lowest BCUT2D eigenvalue weighted by molar-refractivity contribution is -0.134. The molecular weight excluding hydrogens is 836 g/mol. The molecule has 3 saturated heterocycles. The van der Waals surface area contributed by atoms with Crippen LogP contribution in [0.2, 0.25) is 0 Å². The van der Waals surface area contributed by atoms with Gasteiger partial charge in [-0.05, 0) is 146 Å². The van der Waals surface area contributed by atoms with Gasteiger partial charge < -0.3 is 20.4 Å². The van der Waals surface area contributed by atoms with Gasteiger partial charge >= 0.3 is 0 Å². The van der Waals surface area contributed by atoms with Gasteiger partial charge in [0.2, 0.25) is 17.7 Å². The molecule has 1 saturated carbocycles. The maximum Gasteiger partial charge on any atom is 0.249 e. The third-order valence-electron chi connectivity index (χ3n) is 14.8. The number of pyridine rings is 1. The van der Waals surface area contributed by atoms with Gasteiger partial charge in [-0.2, -0.15) is 15.5 Å². The highest BCUT2D eigenvalue weighted by molar-refractivity contribution is 6.01. The molecular formula is C50H61FN12O3. The predicted octanol–water partition coefficient (Wildman–Crippen LogP) is 7.40. The summed E-state index contributed by atoms with van der Waals surface area (Å²) in [6, 6.07) is 11.4. The first-order valence-electron chi connectivity index (χ1n) is 24.0. The van der Waals surface area contributed by atoms with Crippen LogP contribution in [0.15, 0.2) is 61.3 Å². The Labute approximate surface area is 385 Å². The Bertz CT molecular complexity index is 2590. The maximum absolute atomic E-state index is 15.3. The molecule has 4 aliphatic rings. The van der Waals surface area contributed by atoms with E-state index in [1.54, 1.807) is 10.7 Å². The Morgan fingerprint density at radius 3 is 2.42 bits per heavy atom. The fourth-order valence-corrected chi connectivity index (χ4v) is 10.7. The Balaban J connectivity index is 0.776. The van der Waals surface area contributed by atoms with Crippen molar-refractivity contribution in [2.24, 2.45) is 11.3 Å². The Morgan fingerprint density at radius 1 is 0.955 bits per heavy atom. The van der Waals surface area contributed by atoms with Crippen LogP contribution in [-0.2, 0) is 14.4 Å². The summed E-state index contributed by atoms with van der Waals surface area (Å²) in [6.07, 6.45) is 19.6. The zero-order valence-corrected chi connectivity index (χ0v) is 38.3. The third kappa shape index (κ3) is 9.54. The van der Waals surface area contributed by atoms with Gasteiger partial charge in [0, 0.05) is 54.8 Å². The summed E-state index contributed by atoms with van der Waals surface area (Å²) in [5.74, 6) is 0.945. The van der Waals surface area contributed by atoms with E-state index in [0.29, 0.717) is 46.5 Å². The van der Waals surface area contributed by atoms with Gasteiger partial charge in [0.15, 0.2) is 0 Å². The fraction of sp³-hybridized carbons (Fsp3) is 0.520. The molecule has 1 unspecified atom stereocenters. The van der Waals surface area contributed by atoms with Crippen LogP contribution >= 0.6 is 0 Å². The lowest BCUT2D eigenvalue weighted by Gasteiger charge is -2.41. The zero-order chi connectivity index (χ0) is 46.0. The van der Waals surface area contributed by atoms with E-state index < -0.39 is 6.04 Å². The minimum Gasteiger partial charge on any atom is -0.374 e. The van der Waals surface area contributed by atoms with Crippen molar-refractivity contribution in [2.45, 2.75) is 122 Å². The molecule has 66 heavy (non-hydrogen) atoms. The smallest absolute Gasteiger partial charge is 0.249 e. The van der Waals surface area contributed by atoms with Crippen molar-refractivity contribution in [3.8, 4) is 28.6 Å². The fourth-order valence-electron chi connectivity index (χ4n) is 10.7. The van der Waals surface area contributed by atoms with Crippen LogP contribution in [0.5, 0.6) is 0 Å².